The van der Waals surface area contributed by atoms with Crippen LogP contribution in [-0.4, -0.2) is 52.2 Å². The van der Waals surface area contributed by atoms with E-state index in [0.717, 1.165) is 5.52 Å². The molecule has 2 atom stereocenters. The molecule has 0 bridgehead atoms. The molecular weight excluding hydrogens is 463 g/mol. The van der Waals surface area contributed by atoms with Crippen molar-refractivity contribution in [3.63, 3.8) is 0 Å². The summed E-state index contributed by atoms with van der Waals surface area (Å²) in [5, 5.41) is 9.91. The number of nitrogens with one attached hydrogen (secondary N) is 2. The molecule has 7 rings (SSSR count). The largest absolute Gasteiger partial charge is 0.474 e. The van der Waals surface area contributed by atoms with Gasteiger partial charge in [-0.1, -0.05) is 23.8 Å². The molecule has 9 heteroatoms. The number of H-pyrrole nitrogens is 1. The number of carbonyl (C=O) groups excluding carboxylic acids is 2. The van der Waals surface area contributed by atoms with Crippen molar-refractivity contribution in [1.82, 2.24) is 20.5 Å². The Morgan fingerprint density at radius 3 is 2.89 bits per heavy atom. The van der Waals surface area contributed by atoms with Gasteiger partial charge in [-0.05, 0) is 17.7 Å². The summed E-state index contributed by atoms with van der Waals surface area (Å²) in [6.07, 6.45) is 4.16. The summed E-state index contributed by atoms with van der Waals surface area (Å²) in [4.78, 5) is 30.8. The van der Waals surface area contributed by atoms with Crippen molar-refractivity contribution in [3.8, 4) is 5.88 Å². The number of ketones is 1. The van der Waals surface area contributed by atoms with Gasteiger partial charge in [-0.25, -0.2) is 9.37 Å². The molecule has 1 spiro atoms. The SMILES string of the molecule is O=C(CC1=Cc2cccc(F)c2C2(CC(Oc3ccc4[nH]ncc4n3)C2)C(=O)C1)NC1C2COCC21. The highest BCUT2D eigenvalue weighted by Gasteiger charge is 2.56. The minimum absolute atomic E-state index is 0.0693. The Labute approximate surface area is 206 Å². The lowest BCUT2D eigenvalue weighted by Gasteiger charge is -2.46. The van der Waals surface area contributed by atoms with Gasteiger partial charge < -0.3 is 14.8 Å². The number of Topliss-reactive ketones (excluding diaryl/α,β-unsaturated/α-hetero) is 1. The summed E-state index contributed by atoms with van der Waals surface area (Å²) in [7, 11) is 0. The van der Waals surface area contributed by atoms with Crippen LogP contribution in [0.5, 0.6) is 5.88 Å². The second-order valence-electron chi connectivity index (χ2n) is 10.4. The third kappa shape index (κ3) is 3.44. The van der Waals surface area contributed by atoms with Gasteiger partial charge in [-0.3, -0.25) is 14.7 Å². The fraction of sp³-hybridized carbons (Fsp3) is 0.407. The van der Waals surface area contributed by atoms with Crippen LogP contribution in [0.15, 0.2) is 42.1 Å². The quantitative estimate of drug-likeness (QED) is 0.572. The number of rotatable bonds is 5. The lowest BCUT2D eigenvalue weighted by atomic mass is 9.59. The number of amides is 1. The summed E-state index contributed by atoms with van der Waals surface area (Å²) in [5.74, 6) is 0.701. The van der Waals surface area contributed by atoms with Gasteiger partial charge in [0.05, 0.1) is 30.3 Å². The third-order valence-electron chi connectivity index (χ3n) is 8.18. The highest BCUT2D eigenvalue weighted by atomic mass is 19.1. The molecule has 1 aromatic carbocycles. The first kappa shape index (κ1) is 21.7. The smallest absolute Gasteiger partial charge is 0.224 e. The van der Waals surface area contributed by atoms with Crippen LogP contribution in [0.1, 0.15) is 36.8 Å². The van der Waals surface area contributed by atoms with E-state index in [2.05, 4.69) is 20.5 Å². The average molecular weight is 489 g/mol. The van der Waals surface area contributed by atoms with Crippen molar-refractivity contribution in [2.24, 2.45) is 11.8 Å². The molecule has 3 fully saturated rings. The molecule has 4 aliphatic rings. The van der Waals surface area contributed by atoms with E-state index in [4.69, 9.17) is 9.47 Å². The number of ether oxygens (including phenoxy) is 2. The first-order valence-electron chi connectivity index (χ1n) is 12.4. The van der Waals surface area contributed by atoms with Crippen molar-refractivity contribution in [2.75, 3.05) is 13.2 Å². The lowest BCUT2D eigenvalue weighted by Crippen LogP contribution is -2.53. The summed E-state index contributed by atoms with van der Waals surface area (Å²) in [6, 6.07) is 8.64. The zero-order valence-electron chi connectivity index (χ0n) is 19.5. The molecule has 184 valence electrons. The van der Waals surface area contributed by atoms with Crippen molar-refractivity contribution in [1.29, 1.82) is 0 Å². The zero-order valence-corrected chi connectivity index (χ0v) is 19.5. The van der Waals surface area contributed by atoms with Gasteiger partial charge in [-0.15, -0.1) is 0 Å². The highest BCUT2D eigenvalue weighted by molar-refractivity contribution is 5.98. The second-order valence-corrected chi connectivity index (χ2v) is 10.4. The molecule has 1 aliphatic heterocycles. The molecule has 1 amide bonds. The van der Waals surface area contributed by atoms with Crippen LogP contribution in [0.2, 0.25) is 0 Å². The Bertz CT molecular complexity index is 1420. The number of aromatic nitrogens is 3. The van der Waals surface area contributed by atoms with E-state index in [1.165, 1.54) is 6.07 Å². The number of hydrogen-bond acceptors (Lipinski definition) is 6. The predicted octanol–water partition coefficient (Wildman–Crippen LogP) is 3.08. The fourth-order valence-corrected chi connectivity index (χ4v) is 6.24. The van der Waals surface area contributed by atoms with Crippen LogP contribution in [0, 0.1) is 17.7 Å². The average Bonchev–Trinajstić information content (AvgIpc) is 3.18. The Hall–Kier alpha value is -3.59. The van der Waals surface area contributed by atoms with Crippen LogP contribution in [-0.2, 0) is 19.7 Å². The van der Waals surface area contributed by atoms with Gasteiger partial charge in [0.2, 0.25) is 11.8 Å². The number of benzene rings is 1. The van der Waals surface area contributed by atoms with Gasteiger partial charge in [0.25, 0.3) is 0 Å². The number of halogens is 1. The normalized spacial score (nSPS) is 30.2. The Morgan fingerprint density at radius 1 is 1.22 bits per heavy atom. The van der Waals surface area contributed by atoms with Gasteiger partial charge in [0.1, 0.15) is 23.2 Å². The summed E-state index contributed by atoms with van der Waals surface area (Å²) < 4.78 is 26.6. The van der Waals surface area contributed by atoms with Crippen LogP contribution in [0.25, 0.3) is 17.1 Å². The minimum atomic E-state index is -0.968. The summed E-state index contributed by atoms with van der Waals surface area (Å²) in [6.45, 7) is 1.39. The number of hydrogen-bond donors (Lipinski definition) is 2. The topological polar surface area (TPSA) is 106 Å². The van der Waals surface area contributed by atoms with E-state index >= 15 is 4.39 Å². The number of carbonyl (C=O) groups is 2. The van der Waals surface area contributed by atoms with E-state index in [1.54, 1.807) is 18.3 Å². The molecule has 0 radical (unpaired) electrons. The molecule has 8 nitrogen and oxygen atoms in total. The lowest BCUT2D eigenvalue weighted by molar-refractivity contribution is -0.131. The number of nitrogens with zero attached hydrogens (tertiary/aromatic N) is 2. The molecule has 3 aromatic rings. The molecule has 2 saturated carbocycles. The Balaban J connectivity index is 1.09. The van der Waals surface area contributed by atoms with E-state index in [0.29, 0.717) is 66.0 Å². The van der Waals surface area contributed by atoms with E-state index in [9.17, 15) is 9.59 Å². The van der Waals surface area contributed by atoms with Crippen LogP contribution in [0.3, 0.4) is 0 Å². The standard InChI is InChI=1S/C27H25FN4O4/c28-19-3-1-2-15-6-14(8-23(34)31-26-17-12-35-13-18(17)26)7-22(33)27(25(15)19)9-16(10-27)36-24-5-4-20-21(30-24)11-29-32-20/h1-6,11,16-18,26H,7-10,12-13H2,(H,29,32)(H,31,34). The molecule has 36 heavy (non-hydrogen) atoms. The minimum Gasteiger partial charge on any atom is -0.474 e. The van der Waals surface area contributed by atoms with Gasteiger partial charge in [-0.2, -0.15) is 5.10 Å². The van der Waals surface area contributed by atoms with E-state index < -0.39 is 11.2 Å². The first-order chi connectivity index (χ1) is 17.5. The maximum Gasteiger partial charge on any atom is 0.224 e. The van der Waals surface area contributed by atoms with Crippen molar-refractivity contribution >= 4 is 28.8 Å². The number of fused-ring (bicyclic) bond motifs is 4. The molecular formula is C27H25FN4O4. The molecule has 2 N–H and O–H groups in total. The van der Waals surface area contributed by atoms with E-state index in [1.807, 2.05) is 18.2 Å². The fourth-order valence-electron chi connectivity index (χ4n) is 6.24. The Kier molecular flexibility index (Phi) is 4.79. The van der Waals surface area contributed by atoms with Crippen LogP contribution in [0.4, 0.5) is 4.39 Å². The summed E-state index contributed by atoms with van der Waals surface area (Å²) >= 11 is 0. The Morgan fingerprint density at radius 2 is 2.06 bits per heavy atom. The van der Waals surface area contributed by atoms with Crippen molar-refractivity contribution < 1.29 is 23.5 Å². The second kappa shape index (κ2) is 7.96. The summed E-state index contributed by atoms with van der Waals surface area (Å²) in [5.41, 5.74) is 2.32. The van der Waals surface area contributed by atoms with E-state index in [-0.39, 0.29) is 36.7 Å². The number of aromatic amines is 1. The number of pyridine rings is 1. The zero-order chi connectivity index (χ0) is 24.4. The predicted molar refractivity (Wildman–Crippen MR) is 128 cm³/mol. The van der Waals surface area contributed by atoms with Crippen LogP contribution >= 0.6 is 0 Å². The maximum atomic E-state index is 15.2. The molecule has 2 unspecified atom stereocenters. The molecule has 3 aliphatic carbocycles. The molecule has 2 aromatic heterocycles. The van der Waals surface area contributed by atoms with Crippen molar-refractivity contribution in [2.45, 2.75) is 43.2 Å². The van der Waals surface area contributed by atoms with Gasteiger partial charge >= 0.3 is 0 Å². The van der Waals surface area contributed by atoms with Gasteiger partial charge in [0, 0.05) is 55.2 Å². The van der Waals surface area contributed by atoms with Gasteiger partial charge in [0.15, 0.2) is 0 Å². The van der Waals surface area contributed by atoms with Crippen LogP contribution < -0.4 is 10.1 Å². The van der Waals surface area contributed by atoms with Crippen molar-refractivity contribution in [3.05, 3.63) is 59.0 Å². The molecule has 3 heterocycles. The first-order valence-corrected chi connectivity index (χ1v) is 12.4. The molecule has 1 saturated heterocycles. The third-order valence-corrected chi connectivity index (χ3v) is 8.18. The monoisotopic (exact) mass is 488 g/mol. The maximum absolute atomic E-state index is 15.2. The highest BCUT2D eigenvalue weighted by Crippen LogP contribution is 2.51.